The molecule has 8 nitrogen and oxygen atoms in total. The maximum atomic E-state index is 14.4. The standard InChI is InChI=1S/C24H24F2N4O4/c1-24(2,11-33-3)21-19(13-7-18(23(31)32)34-10-13)20-17(6-12-9-27-29-22(12)28-20)30(21)14-4-5-15(25)16(26)8-14/h4-6,8-9,13,18H,7,10-11H2,1-3H3,(H,31,32)(H,27,28,29)/t13-,18+/m0/s1. The Morgan fingerprint density at radius 1 is 1.32 bits per heavy atom. The lowest BCUT2D eigenvalue weighted by molar-refractivity contribution is -0.147. The molecule has 0 saturated carbocycles. The molecule has 0 amide bonds. The Labute approximate surface area is 193 Å². The minimum Gasteiger partial charge on any atom is -0.479 e. The summed E-state index contributed by atoms with van der Waals surface area (Å²) in [5.74, 6) is -3.20. The van der Waals surface area contributed by atoms with Crippen LogP contribution in [0.2, 0.25) is 0 Å². The Balaban J connectivity index is 1.88. The molecule has 0 bridgehead atoms. The van der Waals surface area contributed by atoms with Crippen LogP contribution in [0.3, 0.4) is 0 Å². The van der Waals surface area contributed by atoms with Crippen LogP contribution in [0.15, 0.2) is 30.5 Å². The maximum Gasteiger partial charge on any atom is 0.332 e. The van der Waals surface area contributed by atoms with Crippen LogP contribution in [0.1, 0.15) is 37.4 Å². The van der Waals surface area contributed by atoms with E-state index in [9.17, 15) is 18.7 Å². The zero-order valence-corrected chi connectivity index (χ0v) is 18.9. The van der Waals surface area contributed by atoms with E-state index in [4.69, 9.17) is 14.5 Å². The number of ether oxygens (including phenoxy) is 2. The summed E-state index contributed by atoms with van der Waals surface area (Å²) in [6.45, 7) is 4.51. The normalized spacial score (nSPS) is 18.9. The highest BCUT2D eigenvalue weighted by Crippen LogP contribution is 2.44. The Bertz CT molecular complexity index is 1410. The Morgan fingerprint density at radius 2 is 2.12 bits per heavy atom. The van der Waals surface area contributed by atoms with Crippen LogP contribution in [0.4, 0.5) is 8.78 Å². The highest BCUT2D eigenvalue weighted by Gasteiger charge is 2.40. The van der Waals surface area contributed by atoms with Crippen molar-refractivity contribution in [2.45, 2.75) is 37.7 Å². The number of hydrogen-bond donors (Lipinski definition) is 2. The molecular formula is C24H24F2N4O4. The molecule has 4 heterocycles. The fourth-order valence-electron chi connectivity index (χ4n) is 4.97. The highest BCUT2D eigenvalue weighted by atomic mass is 19.2. The third-order valence-corrected chi connectivity index (χ3v) is 6.37. The molecular weight excluding hydrogens is 446 g/mol. The van der Waals surface area contributed by atoms with E-state index >= 15 is 0 Å². The van der Waals surface area contributed by atoms with Crippen molar-refractivity contribution in [2.24, 2.45) is 0 Å². The van der Waals surface area contributed by atoms with Crippen LogP contribution in [0, 0.1) is 11.6 Å². The summed E-state index contributed by atoms with van der Waals surface area (Å²) in [6.07, 6.45) is 0.981. The van der Waals surface area contributed by atoms with Crippen LogP contribution in [-0.4, -0.2) is 57.3 Å². The number of aromatic nitrogens is 4. The van der Waals surface area contributed by atoms with Gasteiger partial charge >= 0.3 is 5.97 Å². The van der Waals surface area contributed by atoms with E-state index in [-0.39, 0.29) is 18.9 Å². The van der Waals surface area contributed by atoms with Crippen molar-refractivity contribution in [3.63, 3.8) is 0 Å². The first kappa shape index (κ1) is 22.4. The first-order chi connectivity index (χ1) is 16.2. The van der Waals surface area contributed by atoms with Crippen LogP contribution < -0.4 is 0 Å². The van der Waals surface area contributed by atoms with Gasteiger partial charge in [-0.15, -0.1) is 0 Å². The largest absolute Gasteiger partial charge is 0.479 e. The zero-order chi connectivity index (χ0) is 24.2. The molecule has 0 aliphatic carbocycles. The van der Waals surface area contributed by atoms with Crippen molar-refractivity contribution in [1.29, 1.82) is 0 Å². The smallest absolute Gasteiger partial charge is 0.332 e. The lowest BCUT2D eigenvalue weighted by atomic mass is 9.82. The molecule has 1 aliphatic rings. The van der Waals surface area contributed by atoms with Crippen molar-refractivity contribution in [3.05, 3.63) is 53.4 Å². The third kappa shape index (κ3) is 3.54. The van der Waals surface area contributed by atoms with Gasteiger partial charge in [-0.1, -0.05) is 13.8 Å². The van der Waals surface area contributed by atoms with Gasteiger partial charge in [0.15, 0.2) is 23.4 Å². The van der Waals surface area contributed by atoms with E-state index in [1.807, 2.05) is 24.5 Å². The quantitative estimate of drug-likeness (QED) is 0.441. The van der Waals surface area contributed by atoms with Crippen molar-refractivity contribution in [1.82, 2.24) is 19.7 Å². The van der Waals surface area contributed by atoms with Crippen LogP contribution in [0.5, 0.6) is 0 Å². The Hall–Kier alpha value is -3.37. The third-order valence-electron chi connectivity index (χ3n) is 6.37. The maximum absolute atomic E-state index is 14.4. The van der Waals surface area contributed by atoms with E-state index in [0.29, 0.717) is 29.0 Å². The lowest BCUT2D eigenvalue weighted by Crippen LogP contribution is -2.29. The van der Waals surface area contributed by atoms with E-state index in [0.717, 1.165) is 28.8 Å². The number of halogens is 2. The number of nitrogens with zero attached hydrogens (tertiary/aromatic N) is 3. The fourth-order valence-corrected chi connectivity index (χ4v) is 4.97. The molecule has 0 spiro atoms. The number of methoxy groups -OCH3 is 1. The average molecular weight is 470 g/mol. The summed E-state index contributed by atoms with van der Waals surface area (Å²) in [5.41, 5.74) is 3.29. The van der Waals surface area contributed by atoms with E-state index in [2.05, 4.69) is 10.2 Å². The first-order valence-corrected chi connectivity index (χ1v) is 10.9. The van der Waals surface area contributed by atoms with E-state index in [1.54, 1.807) is 13.3 Å². The van der Waals surface area contributed by atoms with Gasteiger partial charge in [-0.3, -0.25) is 5.10 Å². The molecule has 1 aromatic carbocycles. The molecule has 5 rings (SSSR count). The number of carboxylic acid groups (broad SMARTS) is 1. The number of hydrogen-bond acceptors (Lipinski definition) is 5. The van der Waals surface area contributed by atoms with Crippen LogP contribution >= 0.6 is 0 Å². The minimum atomic E-state index is -1.02. The van der Waals surface area contributed by atoms with Crippen LogP contribution in [0.25, 0.3) is 27.8 Å². The van der Waals surface area contributed by atoms with Gasteiger partial charge < -0.3 is 19.1 Å². The van der Waals surface area contributed by atoms with Crippen LogP contribution in [-0.2, 0) is 19.7 Å². The number of carbonyl (C=O) groups is 1. The molecule has 34 heavy (non-hydrogen) atoms. The lowest BCUT2D eigenvalue weighted by Gasteiger charge is -2.29. The monoisotopic (exact) mass is 470 g/mol. The molecule has 1 aliphatic heterocycles. The van der Waals surface area contributed by atoms with Gasteiger partial charge in [0.2, 0.25) is 0 Å². The second kappa shape index (κ2) is 8.14. The predicted octanol–water partition coefficient (Wildman–Crippen LogP) is 4.06. The number of H-pyrrole nitrogens is 1. The average Bonchev–Trinajstić information content (AvgIpc) is 3.50. The summed E-state index contributed by atoms with van der Waals surface area (Å²) in [7, 11) is 1.60. The number of fused-ring (bicyclic) bond motifs is 2. The van der Waals surface area contributed by atoms with Gasteiger partial charge in [0.25, 0.3) is 0 Å². The molecule has 4 aromatic rings. The fraction of sp³-hybridized carbons (Fsp3) is 0.375. The summed E-state index contributed by atoms with van der Waals surface area (Å²) in [5, 5.41) is 17.2. The Kier molecular flexibility index (Phi) is 5.37. The van der Waals surface area contributed by atoms with Crippen molar-refractivity contribution < 1.29 is 28.2 Å². The zero-order valence-electron chi connectivity index (χ0n) is 18.9. The van der Waals surface area contributed by atoms with Crippen molar-refractivity contribution in [2.75, 3.05) is 20.3 Å². The summed E-state index contributed by atoms with van der Waals surface area (Å²) < 4.78 is 41.1. The number of benzene rings is 1. The van der Waals surface area contributed by atoms with Gasteiger partial charge in [0.05, 0.1) is 30.4 Å². The van der Waals surface area contributed by atoms with Gasteiger partial charge in [0, 0.05) is 46.8 Å². The molecule has 10 heteroatoms. The SMILES string of the molecule is COCC(C)(C)c1c([C@@H]2CO[C@@H](C(=O)O)C2)c2nc3[nH]ncc3cc2n1-c1ccc(F)c(F)c1. The number of aliphatic carboxylic acids is 1. The van der Waals surface area contributed by atoms with Gasteiger partial charge in [-0.2, -0.15) is 5.10 Å². The van der Waals surface area contributed by atoms with Gasteiger partial charge in [0.1, 0.15) is 0 Å². The number of nitrogens with one attached hydrogen (secondary N) is 1. The molecule has 0 radical (unpaired) electrons. The molecule has 3 aromatic heterocycles. The second-order valence-electron chi connectivity index (χ2n) is 9.27. The number of carboxylic acids is 1. The highest BCUT2D eigenvalue weighted by molar-refractivity contribution is 5.94. The van der Waals surface area contributed by atoms with Gasteiger partial charge in [-0.05, 0) is 24.6 Å². The molecule has 2 N–H and O–H groups in total. The topological polar surface area (TPSA) is 102 Å². The molecule has 2 atom stereocenters. The van der Waals surface area contributed by atoms with E-state index < -0.39 is 29.1 Å². The second-order valence-corrected chi connectivity index (χ2v) is 9.27. The molecule has 1 saturated heterocycles. The molecule has 1 fully saturated rings. The predicted molar refractivity (Wildman–Crippen MR) is 120 cm³/mol. The van der Waals surface area contributed by atoms with Gasteiger partial charge in [-0.25, -0.2) is 18.6 Å². The molecule has 0 unspecified atom stereocenters. The molecule has 178 valence electrons. The summed E-state index contributed by atoms with van der Waals surface area (Å²) >= 11 is 0. The minimum absolute atomic E-state index is 0.201. The van der Waals surface area contributed by atoms with Crippen molar-refractivity contribution >= 4 is 28.0 Å². The summed E-state index contributed by atoms with van der Waals surface area (Å²) in [4.78, 5) is 16.4. The first-order valence-electron chi connectivity index (χ1n) is 10.9. The number of aromatic amines is 1. The Morgan fingerprint density at radius 3 is 2.79 bits per heavy atom. The summed E-state index contributed by atoms with van der Waals surface area (Å²) in [6, 6.07) is 5.64. The number of pyridine rings is 1. The van der Waals surface area contributed by atoms with Crippen molar-refractivity contribution in [3.8, 4) is 5.69 Å². The van der Waals surface area contributed by atoms with E-state index in [1.165, 1.54) is 6.07 Å². The number of rotatable bonds is 6.